The van der Waals surface area contributed by atoms with E-state index in [2.05, 4.69) is 53.7 Å². The van der Waals surface area contributed by atoms with E-state index in [0.29, 0.717) is 48.2 Å². The van der Waals surface area contributed by atoms with Crippen LogP contribution >= 0.6 is 0 Å². The predicted octanol–water partition coefficient (Wildman–Crippen LogP) is 7.80. The van der Waals surface area contributed by atoms with Crippen molar-refractivity contribution in [2.75, 3.05) is 13.2 Å². The quantitative estimate of drug-likeness (QED) is 0.268. The first-order valence-corrected chi connectivity index (χ1v) is 15.7. The summed E-state index contributed by atoms with van der Waals surface area (Å²) in [5.41, 5.74) is 0.600. The fourth-order valence-corrected chi connectivity index (χ4v) is 10.6. The molecule has 10 atom stereocenters. The summed E-state index contributed by atoms with van der Waals surface area (Å²) in [7, 11) is 0. The van der Waals surface area contributed by atoms with Crippen LogP contribution in [0, 0.1) is 58.2 Å². The third kappa shape index (κ3) is 4.64. The second-order valence-corrected chi connectivity index (χ2v) is 14.4. The molecule has 0 radical (unpaired) electrons. The predicted molar refractivity (Wildman–Crippen MR) is 148 cm³/mol. The van der Waals surface area contributed by atoms with Gasteiger partial charge in [0, 0.05) is 19.3 Å². The van der Waals surface area contributed by atoms with E-state index in [-0.39, 0.29) is 17.5 Å². The van der Waals surface area contributed by atoms with Crippen molar-refractivity contribution in [2.24, 2.45) is 58.2 Å². The Bertz CT molecular complexity index is 858. The summed E-state index contributed by atoms with van der Waals surface area (Å²) in [6, 6.07) is 0. The fraction of sp³-hybridized carbons (Fsp3) is 0.909. The van der Waals surface area contributed by atoms with Crippen LogP contribution in [-0.4, -0.2) is 31.1 Å². The van der Waals surface area contributed by atoms with Crippen molar-refractivity contribution < 1.29 is 19.0 Å². The smallest absolute Gasteiger partial charge is 0.302 e. The second kappa shape index (κ2) is 10.3. The van der Waals surface area contributed by atoms with E-state index in [9.17, 15) is 4.79 Å². The van der Waals surface area contributed by atoms with Gasteiger partial charge in [0.25, 0.3) is 0 Å². The molecule has 4 aliphatic carbocycles. The summed E-state index contributed by atoms with van der Waals surface area (Å²) in [5, 5.41) is 0. The summed E-state index contributed by atoms with van der Waals surface area (Å²) in [5.74, 6) is 4.64. The molecule has 0 aromatic rings. The molecule has 0 amide bonds. The number of esters is 1. The number of carbonyl (C=O) groups excluding carboxylic acids is 1. The van der Waals surface area contributed by atoms with E-state index >= 15 is 0 Å². The van der Waals surface area contributed by atoms with Crippen LogP contribution in [-0.2, 0) is 19.0 Å². The molecule has 1 heterocycles. The van der Waals surface area contributed by atoms with Crippen LogP contribution < -0.4 is 0 Å². The van der Waals surface area contributed by atoms with Gasteiger partial charge in [-0.1, -0.05) is 53.7 Å². The molecule has 4 saturated carbocycles. The van der Waals surface area contributed by atoms with Crippen molar-refractivity contribution in [2.45, 2.75) is 118 Å². The van der Waals surface area contributed by atoms with E-state index in [1.54, 1.807) is 6.92 Å². The number of allylic oxidation sites excluding steroid dienone is 2. The van der Waals surface area contributed by atoms with Crippen LogP contribution in [0.2, 0.25) is 0 Å². The summed E-state index contributed by atoms with van der Waals surface area (Å²) in [6.45, 7) is 17.7. The van der Waals surface area contributed by atoms with Gasteiger partial charge in [0.1, 0.15) is 6.10 Å². The average molecular weight is 515 g/mol. The number of fused-ring (bicyclic) bond motifs is 6. The minimum absolute atomic E-state index is 0.00643. The van der Waals surface area contributed by atoms with E-state index < -0.39 is 5.79 Å². The van der Waals surface area contributed by atoms with Gasteiger partial charge in [-0.25, -0.2) is 0 Å². The first kappa shape index (κ1) is 27.7. The normalized spacial score (nSPS) is 44.4. The number of carbonyl (C=O) groups is 1. The van der Waals surface area contributed by atoms with Crippen molar-refractivity contribution in [1.82, 2.24) is 0 Å². The number of hydrogen-bond donors (Lipinski definition) is 0. The Morgan fingerprint density at radius 1 is 0.973 bits per heavy atom. The van der Waals surface area contributed by atoms with E-state index in [1.807, 2.05) is 0 Å². The highest BCUT2D eigenvalue weighted by Gasteiger charge is 2.68. The van der Waals surface area contributed by atoms with E-state index in [0.717, 1.165) is 43.4 Å². The molecular weight excluding hydrogens is 460 g/mol. The minimum Gasteiger partial charge on any atom is -0.463 e. The average Bonchev–Trinajstić information content (AvgIpc) is 3.44. The molecule has 0 bridgehead atoms. The van der Waals surface area contributed by atoms with Crippen molar-refractivity contribution in [3.05, 3.63) is 12.2 Å². The molecular formula is C33H54O4. The van der Waals surface area contributed by atoms with E-state index in [1.165, 1.54) is 32.1 Å². The van der Waals surface area contributed by atoms with E-state index in [4.69, 9.17) is 14.2 Å². The topological polar surface area (TPSA) is 44.8 Å². The van der Waals surface area contributed by atoms with Gasteiger partial charge in [-0.05, 0) is 104 Å². The monoisotopic (exact) mass is 514 g/mol. The van der Waals surface area contributed by atoms with Crippen molar-refractivity contribution in [1.29, 1.82) is 0 Å². The molecule has 37 heavy (non-hydrogen) atoms. The third-order valence-corrected chi connectivity index (χ3v) is 12.4. The molecule has 0 aromatic heterocycles. The van der Waals surface area contributed by atoms with Crippen LogP contribution in [0.25, 0.3) is 0 Å². The zero-order valence-corrected chi connectivity index (χ0v) is 24.8. The highest BCUT2D eigenvalue weighted by molar-refractivity contribution is 5.66. The molecule has 4 heteroatoms. The summed E-state index contributed by atoms with van der Waals surface area (Å²) in [6.07, 6.45) is 15.8. The van der Waals surface area contributed by atoms with Gasteiger partial charge in [-0.15, -0.1) is 0 Å². The molecule has 0 N–H and O–H groups in total. The Hall–Kier alpha value is -0.870. The zero-order chi connectivity index (χ0) is 26.6. The van der Waals surface area contributed by atoms with Crippen molar-refractivity contribution in [3.8, 4) is 0 Å². The Labute approximate surface area is 226 Å². The van der Waals surface area contributed by atoms with Crippen molar-refractivity contribution >= 4 is 5.97 Å². The van der Waals surface area contributed by atoms with Crippen LogP contribution in [0.1, 0.15) is 106 Å². The second-order valence-electron chi connectivity index (χ2n) is 14.4. The Kier molecular flexibility index (Phi) is 7.68. The minimum atomic E-state index is -0.484. The number of ether oxygens (including phenoxy) is 3. The van der Waals surface area contributed by atoms with Crippen LogP contribution in [0.3, 0.4) is 0 Å². The molecule has 5 aliphatic rings. The molecule has 1 spiro atoms. The molecule has 4 nitrogen and oxygen atoms in total. The molecule has 1 unspecified atom stereocenters. The van der Waals surface area contributed by atoms with Gasteiger partial charge < -0.3 is 14.2 Å². The maximum absolute atomic E-state index is 11.8. The highest BCUT2D eigenvalue weighted by atomic mass is 16.7. The SMILES string of the molecule is CC[C@H](/C=C/[C@@H](C)[C@H]1CC[C@H]2[C@@H]3CC4(OCCO4)C4C[C@@H](OC(C)=O)CC[C@]4(C)[C@H]3CC[C@]12C)C(C)C. The summed E-state index contributed by atoms with van der Waals surface area (Å²) < 4.78 is 19.0. The zero-order valence-electron chi connectivity index (χ0n) is 24.8. The molecule has 5 rings (SSSR count). The standard InChI is InChI=1S/C33H54O4/c1-8-24(21(2)3)10-9-22(4)27-11-12-28-26-20-33(35-17-18-36-33)30-19-25(37-23(5)34)13-15-32(30,7)29(26)14-16-31(27,28)6/h9-10,21-22,24-30H,8,11-20H2,1-7H3/b10-9+/t22-,24-,25+,26+,27-,28+,29+,30?,31-,32-/m1/s1. The number of rotatable bonds is 6. The Balaban J connectivity index is 1.39. The van der Waals surface area contributed by atoms with Crippen molar-refractivity contribution in [3.63, 3.8) is 0 Å². The van der Waals surface area contributed by atoms with Gasteiger partial charge in [-0.3, -0.25) is 4.79 Å². The molecule has 1 aliphatic heterocycles. The maximum Gasteiger partial charge on any atom is 0.302 e. The fourth-order valence-electron chi connectivity index (χ4n) is 10.6. The van der Waals surface area contributed by atoms with Gasteiger partial charge in [0.05, 0.1) is 13.2 Å². The molecule has 5 fully saturated rings. The Morgan fingerprint density at radius 3 is 2.30 bits per heavy atom. The number of hydrogen-bond acceptors (Lipinski definition) is 4. The molecule has 0 aromatic carbocycles. The summed E-state index contributed by atoms with van der Waals surface area (Å²) in [4.78, 5) is 11.8. The highest BCUT2D eigenvalue weighted by Crippen LogP contribution is 2.70. The molecule has 210 valence electrons. The first-order chi connectivity index (χ1) is 17.5. The van der Waals surface area contributed by atoms with Gasteiger partial charge in [0.15, 0.2) is 5.79 Å². The maximum atomic E-state index is 11.8. The Morgan fingerprint density at radius 2 is 1.65 bits per heavy atom. The van der Waals surface area contributed by atoms with Gasteiger partial charge >= 0.3 is 5.97 Å². The lowest BCUT2D eigenvalue weighted by molar-refractivity contribution is -0.298. The van der Waals surface area contributed by atoms with Gasteiger partial charge in [-0.2, -0.15) is 0 Å². The van der Waals surface area contributed by atoms with Crippen LogP contribution in [0.4, 0.5) is 0 Å². The molecule has 1 saturated heterocycles. The first-order valence-electron chi connectivity index (χ1n) is 15.7. The lowest BCUT2D eigenvalue weighted by Crippen LogP contribution is -2.63. The third-order valence-electron chi connectivity index (χ3n) is 12.4. The largest absolute Gasteiger partial charge is 0.463 e. The van der Waals surface area contributed by atoms with Gasteiger partial charge in [0.2, 0.25) is 0 Å². The van der Waals surface area contributed by atoms with Crippen LogP contribution in [0.15, 0.2) is 12.2 Å². The van der Waals surface area contributed by atoms with Crippen LogP contribution in [0.5, 0.6) is 0 Å². The summed E-state index contributed by atoms with van der Waals surface area (Å²) >= 11 is 0. The lowest BCUT2D eigenvalue weighted by Gasteiger charge is -2.65. The lowest BCUT2D eigenvalue weighted by atomic mass is 9.43.